The molecule has 0 saturated carbocycles. The Morgan fingerprint density at radius 1 is 1.15 bits per heavy atom. The molecule has 0 fully saturated rings. The molecule has 2 heterocycles. The smallest absolute Gasteiger partial charge is 0.303 e. The third-order valence-electron chi connectivity index (χ3n) is 4.54. The van der Waals surface area contributed by atoms with Gasteiger partial charge in [-0.25, -0.2) is 10.2 Å². The van der Waals surface area contributed by atoms with Crippen LogP contribution in [0.5, 0.6) is 0 Å². The molecule has 3 aromatic rings. The third-order valence-corrected chi connectivity index (χ3v) is 4.54. The monoisotopic (exact) mass is 368 g/mol. The van der Waals surface area contributed by atoms with E-state index in [1.165, 1.54) is 17.2 Å². The highest BCUT2D eigenvalue weighted by atomic mass is 16.2. The first-order valence-corrected chi connectivity index (χ1v) is 8.96. The molecule has 2 aromatic heterocycles. The molecule has 27 heavy (non-hydrogen) atoms. The minimum atomic E-state index is -0.401. The number of aromatic nitrogens is 4. The lowest BCUT2D eigenvalue weighted by molar-refractivity contribution is 0.641. The highest BCUT2D eigenvalue weighted by molar-refractivity contribution is 5.80. The average Bonchev–Trinajstić information content (AvgIpc) is 3.03. The standard InChI is InChI=1S/C19H24N6O2/c1-5-6-11-25-15-16(23(3)19(27)24(4)17(15)26)21-18(25)22-20-12-14-9-7-13(2)8-10-14/h7-10,12H,5-6,11H2,1-4H3,(H,21,22)/b20-12+. The summed E-state index contributed by atoms with van der Waals surface area (Å²) in [5.74, 6) is 0.445. The van der Waals surface area contributed by atoms with Gasteiger partial charge in [0.05, 0.1) is 6.21 Å². The van der Waals surface area contributed by atoms with Crippen LogP contribution in [-0.4, -0.2) is 24.9 Å². The van der Waals surface area contributed by atoms with Crippen molar-refractivity contribution in [1.29, 1.82) is 0 Å². The summed E-state index contributed by atoms with van der Waals surface area (Å²) in [4.78, 5) is 29.3. The van der Waals surface area contributed by atoms with Gasteiger partial charge in [-0.1, -0.05) is 43.2 Å². The third kappa shape index (κ3) is 3.55. The van der Waals surface area contributed by atoms with Crippen LogP contribution in [0.3, 0.4) is 0 Å². The van der Waals surface area contributed by atoms with E-state index in [1.807, 2.05) is 31.2 Å². The lowest BCUT2D eigenvalue weighted by Crippen LogP contribution is -2.37. The second-order valence-corrected chi connectivity index (χ2v) is 6.60. The van der Waals surface area contributed by atoms with Crippen molar-refractivity contribution in [2.24, 2.45) is 19.2 Å². The van der Waals surface area contributed by atoms with Crippen LogP contribution < -0.4 is 16.7 Å². The second kappa shape index (κ2) is 7.61. The SMILES string of the molecule is CCCCn1c(N/N=C/c2ccc(C)cc2)nc2c1c(=O)n(C)c(=O)n2C. The van der Waals surface area contributed by atoms with E-state index in [9.17, 15) is 9.59 Å². The molecule has 142 valence electrons. The average molecular weight is 368 g/mol. The fourth-order valence-electron chi connectivity index (χ4n) is 2.88. The predicted molar refractivity (Wildman–Crippen MR) is 108 cm³/mol. The quantitative estimate of drug-likeness (QED) is 0.532. The van der Waals surface area contributed by atoms with E-state index < -0.39 is 5.69 Å². The number of hydrazone groups is 1. The minimum Gasteiger partial charge on any atom is -0.303 e. The Balaban J connectivity index is 2.04. The van der Waals surface area contributed by atoms with E-state index >= 15 is 0 Å². The molecule has 0 spiro atoms. The van der Waals surface area contributed by atoms with E-state index in [4.69, 9.17) is 0 Å². The Labute approximate surface area is 156 Å². The van der Waals surface area contributed by atoms with Crippen molar-refractivity contribution in [3.63, 3.8) is 0 Å². The number of benzene rings is 1. The summed E-state index contributed by atoms with van der Waals surface area (Å²) in [6, 6.07) is 7.97. The maximum atomic E-state index is 12.6. The first-order valence-electron chi connectivity index (χ1n) is 8.96. The number of unbranched alkanes of at least 4 members (excludes halogenated alkanes) is 1. The molecule has 0 radical (unpaired) electrons. The van der Waals surface area contributed by atoms with Crippen LogP contribution in [0.4, 0.5) is 5.95 Å². The maximum absolute atomic E-state index is 12.6. The van der Waals surface area contributed by atoms with Crippen molar-refractivity contribution in [3.05, 3.63) is 56.2 Å². The molecule has 0 saturated heterocycles. The second-order valence-electron chi connectivity index (χ2n) is 6.60. The highest BCUT2D eigenvalue weighted by Gasteiger charge is 2.18. The number of imidazole rings is 1. The van der Waals surface area contributed by atoms with Gasteiger partial charge in [0.15, 0.2) is 11.2 Å². The van der Waals surface area contributed by atoms with Crippen molar-refractivity contribution in [2.75, 3.05) is 5.43 Å². The van der Waals surface area contributed by atoms with Crippen LogP contribution >= 0.6 is 0 Å². The van der Waals surface area contributed by atoms with E-state index in [-0.39, 0.29) is 5.56 Å². The van der Waals surface area contributed by atoms with Gasteiger partial charge in [0.1, 0.15) is 0 Å². The summed E-state index contributed by atoms with van der Waals surface area (Å²) in [7, 11) is 3.09. The van der Waals surface area contributed by atoms with Crippen molar-refractivity contribution in [2.45, 2.75) is 33.2 Å². The lowest BCUT2D eigenvalue weighted by Gasteiger charge is -2.08. The molecule has 0 atom stereocenters. The fourth-order valence-corrected chi connectivity index (χ4v) is 2.88. The van der Waals surface area contributed by atoms with Crippen LogP contribution in [0, 0.1) is 6.92 Å². The van der Waals surface area contributed by atoms with Crippen LogP contribution in [-0.2, 0) is 20.6 Å². The number of rotatable bonds is 6. The number of aryl methyl sites for hydroxylation is 3. The van der Waals surface area contributed by atoms with E-state index in [2.05, 4.69) is 22.4 Å². The summed E-state index contributed by atoms with van der Waals surface area (Å²) in [5, 5.41) is 4.26. The number of nitrogens with one attached hydrogen (secondary N) is 1. The molecule has 0 bridgehead atoms. The van der Waals surface area contributed by atoms with E-state index in [0.717, 1.165) is 23.0 Å². The Morgan fingerprint density at radius 2 is 1.85 bits per heavy atom. The van der Waals surface area contributed by atoms with Crippen molar-refractivity contribution < 1.29 is 0 Å². The molecule has 1 N–H and O–H groups in total. The van der Waals surface area contributed by atoms with Gasteiger partial charge in [0, 0.05) is 20.6 Å². The van der Waals surface area contributed by atoms with Gasteiger partial charge in [-0.2, -0.15) is 10.1 Å². The van der Waals surface area contributed by atoms with Gasteiger partial charge in [0.2, 0.25) is 5.95 Å². The summed E-state index contributed by atoms with van der Waals surface area (Å²) < 4.78 is 4.28. The lowest BCUT2D eigenvalue weighted by atomic mass is 10.2. The van der Waals surface area contributed by atoms with Crippen LogP contribution in [0.15, 0.2) is 39.0 Å². The molecule has 0 amide bonds. The molecule has 8 heteroatoms. The zero-order valence-electron chi connectivity index (χ0n) is 16.1. The normalized spacial score (nSPS) is 11.6. The molecule has 1 aromatic carbocycles. The van der Waals surface area contributed by atoms with Crippen molar-refractivity contribution >= 4 is 23.3 Å². The number of nitrogens with zero attached hydrogens (tertiary/aromatic N) is 5. The molecular formula is C19H24N6O2. The molecule has 0 unspecified atom stereocenters. The van der Waals surface area contributed by atoms with Gasteiger partial charge in [0.25, 0.3) is 5.56 Å². The van der Waals surface area contributed by atoms with Crippen molar-refractivity contribution in [1.82, 2.24) is 18.7 Å². The van der Waals surface area contributed by atoms with Gasteiger partial charge in [-0.15, -0.1) is 0 Å². The zero-order valence-corrected chi connectivity index (χ0v) is 16.1. The fraction of sp³-hybridized carbons (Fsp3) is 0.368. The molecule has 0 aliphatic rings. The van der Waals surface area contributed by atoms with Crippen LogP contribution in [0.1, 0.15) is 30.9 Å². The highest BCUT2D eigenvalue weighted by Crippen LogP contribution is 2.16. The number of anilines is 1. The summed E-state index contributed by atoms with van der Waals surface area (Å²) in [6.07, 6.45) is 3.55. The molecular weight excluding hydrogens is 344 g/mol. The topological polar surface area (TPSA) is 86.2 Å². The van der Waals surface area contributed by atoms with Gasteiger partial charge in [-0.05, 0) is 18.9 Å². The van der Waals surface area contributed by atoms with Gasteiger partial charge >= 0.3 is 5.69 Å². The van der Waals surface area contributed by atoms with Gasteiger partial charge < -0.3 is 4.57 Å². The number of hydrogen-bond donors (Lipinski definition) is 1. The van der Waals surface area contributed by atoms with Crippen LogP contribution in [0.2, 0.25) is 0 Å². The first-order chi connectivity index (χ1) is 12.9. The van der Waals surface area contributed by atoms with E-state index in [1.54, 1.807) is 17.8 Å². The first kappa shape index (κ1) is 18.6. The van der Waals surface area contributed by atoms with E-state index in [0.29, 0.717) is 23.7 Å². The summed E-state index contributed by atoms with van der Waals surface area (Å²) >= 11 is 0. The Hall–Kier alpha value is -3.16. The summed E-state index contributed by atoms with van der Waals surface area (Å²) in [6.45, 7) is 4.72. The Kier molecular flexibility index (Phi) is 5.25. The van der Waals surface area contributed by atoms with Crippen molar-refractivity contribution in [3.8, 4) is 0 Å². The summed E-state index contributed by atoms with van der Waals surface area (Å²) in [5.41, 5.74) is 5.06. The number of hydrogen-bond acceptors (Lipinski definition) is 5. The Morgan fingerprint density at radius 3 is 2.52 bits per heavy atom. The number of fused-ring (bicyclic) bond motifs is 1. The zero-order chi connectivity index (χ0) is 19.6. The van der Waals surface area contributed by atoms with Gasteiger partial charge in [-0.3, -0.25) is 13.9 Å². The minimum absolute atomic E-state index is 0.354. The molecule has 3 rings (SSSR count). The van der Waals surface area contributed by atoms with Crippen LogP contribution in [0.25, 0.3) is 11.2 Å². The Bertz CT molecular complexity index is 1100. The largest absolute Gasteiger partial charge is 0.332 e. The molecule has 0 aliphatic heterocycles. The predicted octanol–water partition coefficient (Wildman–Crippen LogP) is 1.99. The maximum Gasteiger partial charge on any atom is 0.332 e. The molecule has 0 aliphatic carbocycles. The molecule has 8 nitrogen and oxygen atoms in total.